The number of aliphatic carboxylic acids is 1. The van der Waals surface area contributed by atoms with Crippen molar-refractivity contribution in [1.82, 2.24) is 0 Å². The van der Waals surface area contributed by atoms with Crippen LogP contribution in [0.1, 0.15) is 12.5 Å². The van der Waals surface area contributed by atoms with Gasteiger partial charge in [0, 0.05) is 17.7 Å². The molecule has 1 aromatic rings. The molecule has 0 aliphatic carbocycles. The molecule has 4 nitrogen and oxygen atoms in total. The van der Waals surface area contributed by atoms with Crippen LogP contribution in [-0.2, 0) is 4.79 Å². The zero-order valence-corrected chi connectivity index (χ0v) is 9.27. The van der Waals surface area contributed by atoms with Gasteiger partial charge in [0.25, 0.3) is 0 Å². The Kier molecular flexibility index (Phi) is 4.39. The van der Waals surface area contributed by atoms with E-state index in [1.54, 1.807) is 18.2 Å². The number of methoxy groups -OCH3 is 1. The molecule has 0 unspecified atom stereocenters. The Morgan fingerprint density at radius 1 is 1.50 bits per heavy atom. The van der Waals surface area contributed by atoms with Gasteiger partial charge in [-0.15, -0.1) is 0 Å². The van der Waals surface area contributed by atoms with Crippen LogP contribution in [0.4, 0.5) is 0 Å². The minimum atomic E-state index is -0.990. The fourth-order valence-corrected chi connectivity index (χ4v) is 1.25. The molecule has 0 amide bonds. The number of carboxylic acids is 1. The van der Waals surface area contributed by atoms with Gasteiger partial charge in [-0.05, 0) is 25.1 Å². The molecular formula is C12H14O4. The van der Waals surface area contributed by atoms with Crippen molar-refractivity contribution in [3.8, 4) is 11.5 Å². The molecule has 16 heavy (non-hydrogen) atoms. The number of hydrogen-bond acceptors (Lipinski definition) is 3. The number of hydrogen-bond donors (Lipinski definition) is 1. The smallest absolute Gasteiger partial charge is 0.328 e. The molecule has 4 heteroatoms. The molecule has 0 saturated carbocycles. The SMILES string of the molecule is CCOc1ccc(C=CC(=O)O)c(OC)c1. The Balaban J connectivity index is 2.97. The first-order valence-electron chi connectivity index (χ1n) is 4.89. The third kappa shape index (κ3) is 3.31. The van der Waals surface area contributed by atoms with Crippen molar-refractivity contribution < 1.29 is 19.4 Å². The lowest BCUT2D eigenvalue weighted by atomic mass is 10.2. The predicted octanol–water partition coefficient (Wildman–Crippen LogP) is 2.19. The molecule has 0 bridgehead atoms. The Labute approximate surface area is 94.1 Å². The summed E-state index contributed by atoms with van der Waals surface area (Å²) in [5.74, 6) is 0.297. The highest BCUT2D eigenvalue weighted by Crippen LogP contribution is 2.25. The van der Waals surface area contributed by atoms with E-state index < -0.39 is 5.97 Å². The van der Waals surface area contributed by atoms with Gasteiger partial charge < -0.3 is 14.6 Å². The molecule has 0 heterocycles. The van der Waals surface area contributed by atoms with Crippen molar-refractivity contribution >= 4 is 12.0 Å². The molecular weight excluding hydrogens is 208 g/mol. The molecule has 86 valence electrons. The monoisotopic (exact) mass is 222 g/mol. The maximum atomic E-state index is 10.4. The third-order valence-electron chi connectivity index (χ3n) is 1.92. The van der Waals surface area contributed by atoms with Gasteiger partial charge in [-0.1, -0.05) is 0 Å². The summed E-state index contributed by atoms with van der Waals surface area (Å²) < 4.78 is 10.4. The van der Waals surface area contributed by atoms with Crippen LogP contribution in [0.25, 0.3) is 6.08 Å². The first-order valence-corrected chi connectivity index (χ1v) is 4.89. The Bertz CT molecular complexity index is 396. The number of benzene rings is 1. The van der Waals surface area contributed by atoms with Gasteiger partial charge in [0.1, 0.15) is 11.5 Å². The van der Waals surface area contributed by atoms with E-state index in [1.165, 1.54) is 13.2 Å². The zero-order chi connectivity index (χ0) is 12.0. The van der Waals surface area contributed by atoms with Gasteiger partial charge in [0.2, 0.25) is 0 Å². The van der Waals surface area contributed by atoms with Gasteiger partial charge in [0.15, 0.2) is 0 Å². The highest BCUT2D eigenvalue weighted by molar-refractivity contribution is 5.86. The van der Waals surface area contributed by atoms with Crippen LogP contribution in [0.3, 0.4) is 0 Å². The Hall–Kier alpha value is -1.97. The summed E-state index contributed by atoms with van der Waals surface area (Å²) in [4.78, 5) is 10.4. The average molecular weight is 222 g/mol. The summed E-state index contributed by atoms with van der Waals surface area (Å²) in [7, 11) is 1.53. The highest BCUT2D eigenvalue weighted by atomic mass is 16.5. The number of rotatable bonds is 5. The molecule has 0 aliphatic rings. The van der Waals surface area contributed by atoms with E-state index in [2.05, 4.69) is 0 Å². The topological polar surface area (TPSA) is 55.8 Å². The fraction of sp³-hybridized carbons (Fsp3) is 0.250. The molecule has 0 radical (unpaired) electrons. The second-order valence-electron chi connectivity index (χ2n) is 3.01. The van der Waals surface area contributed by atoms with E-state index in [0.717, 1.165) is 6.08 Å². The van der Waals surface area contributed by atoms with Crippen LogP contribution in [0, 0.1) is 0 Å². The van der Waals surface area contributed by atoms with E-state index in [1.807, 2.05) is 6.92 Å². The molecule has 1 N–H and O–H groups in total. The van der Waals surface area contributed by atoms with Gasteiger partial charge in [-0.3, -0.25) is 0 Å². The van der Waals surface area contributed by atoms with E-state index in [0.29, 0.717) is 23.7 Å². The predicted molar refractivity (Wildman–Crippen MR) is 60.8 cm³/mol. The largest absolute Gasteiger partial charge is 0.496 e. The number of ether oxygens (including phenoxy) is 2. The standard InChI is InChI=1S/C12H14O4/c1-3-16-10-6-4-9(5-7-12(13)14)11(8-10)15-2/h4-8H,3H2,1-2H3,(H,13,14). The molecule has 1 rings (SSSR count). The normalized spacial score (nSPS) is 10.4. The summed E-state index contributed by atoms with van der Waals surface area (Å²) in [5, 5.41) is 8.52. The van der Waals surface area contributed by atoms with Gasteiger partial charge >= 0.3 is 5.97 Å². The lowest BCUT2D eigenvalue weighted by Gasteiger charge is -2.08. The van der Waals surface area contributed by atoms with E-state index in [-0.39, 0.29) is 0 Å². The Morgan fingerprint density at radius 3 is 2.81 bits per heavy atom. The van der Waals surface area contributed by atoms with Crippen molar-refractivity contribution in [2.24, 2.45) is 0 Å². The van der Waals surface area contributed by atoms with Crippen LogP contribution in [0.5, 0.6) is 11.5 Å². The molecule has 0 atom stereocenters. The third-order valence-corrected chi connectivity index (χ3v) is 1.92. The molecule has 1 aromatic carbocycles. The van der Waals surface area contributed by atoms with Crippen molar-refractivity contribution in [2.45, 2.75) is 6.92 Å². The first kappa shape index (κ1) is 12.1. The Morgan fingerprint density at radius 2 is 2.25 bits per heavy atom. The maximum Gasteiger partial charge on any atom is 0.328 e. The van der Waals surface area contributed by atoms with E-state index in [9.17, 15) is 4.79 Å². The van der Waals surface area contributed by atoms with Crippen molar-refractivity contribution in [2.75, 3.05) is 13.7 Å². The summed E-state index contributed by atoms with van der Waals surface area (Å²) in [5.41, 5.74) is 0.702. The van der Waals surface area contributed by atoms with E-state index in [4.69, 9.17) is 14.6 Å². The number of carbonyl (C=O) groups is 1. The fourth-order valence-electron chi connectivity index (χ4n) is 1.25. The molecule has 0 spiro atoms. The summed E-state index contributed by atoms with van der Waals surface area (Å²) in [6.07, 6.45) is 2.55. The van der Waals surface area contributed by atoms with Crippen LogP contribution in [0.2, 0.25) is 0 Å². The van der Waals surface area contributed by atoms with Crippen molar-refractivity contribution in [1.29, 1.82) is 0 Å². The van der Waals surface area contributed by atoms with Crippen LogP contribution in [0.15, 0.2) is 24.3 Å². The van der Waals surface area contributed by atoms with Crippen LogP contribution in [-0.4, -0.2) is 24.8 Å². The van der Waals surface area contributed by atoms with Gasteiger partial charge in [-0.2, -0.15) is 0 Å². The first-order chi connectivity index (χ1) is 7.67. The second-order valence-corrected chi connectivity index (χ2v) is 3.01. The molecule has 0 aliphatic heterocycles. The maximum absolute atomic E-state index is 10.4. The quantitative estimate of drug-likeness (QED) is 0.776. The van der Waals surface area contributed by atoms with Gasteiger partial charge in [-0.25, -0.2) is 4.79 Å². The summed E-state index contributed by atoms with van der Waals surface area (Å²) in [6.45, 7) is 2.47. The minimum absolute atomic E-state index is 0.577. The highest BCUT2D eigenvalue weighted by Gasteiger charge is 2.02. The van der Waals surface area contributed by atoms with Crippen LogP contribution >= 0.6 is 0 Å². The summed E-state index contributed by atoms with van der Waals surface area (Å²) in [6, 6.07) is 5.25. The van der Waals surface area contributed by atoms with Crippen LogP contribution < -0.4 is 9.47 Å². The second kappa shape index (κ2) is 5.80. The lowest BCUT2D eigenvalue weighted by Crippen LogP contribution is -1.94. The van der Waals surface area contributed by atoms with Crippen molar-refractivity contribution in [3.63, 3.8) is 0 Å². The van der Waals surface area contributed by atoms with E-state index >= 15 is 0 Å². The molecule has 0 saturated heterocycles. The van der Waals surface area contributed by atoms with Crippen molar-refractivity contribution in [3.05, 3.63) is 29.8 Å². The number of carboxylic acid groups (broad SMARTS) is 1. The summed E-state index contributed by atoms with van der Waals surface area (Å²) >= 11 is 0. The lowest BCUT2D eigenvalue weighted by molar-refractivity contribution is -0.131. The average Bonchev–Trinajstić information content (AvgIpc) is 2.27. The van der Waals surface area contributed by atoms with Gasteiger partial charge in [0.05, 0.1) is 13.7 Å². The molecule has 0 fully saturated rings. The molecule has 0 aromatic heterocycles. The minimum Gasteiger partial charge on any atom is -0.496 e. The zero-order valence-electron chi connectivity index (χ0n) is 9.27.